The molecule has 2 rings (SSSR count). The number of Topliss-reactive ketones (excluding diaryl/α,β-unsaturated/α-hetero) is 1. The molecule has 1 aliphatic rings. The highest BCUT2D eigenvalue weighted by molar-refractivity contribution is 7.99. The third-order valence-electron chi connectivity index (χ3n) is 3.64. The van der Waals surface area contributed by atoms with Gasteiger partial charge in [-0.15, -0.1) is 11.8 Å². The number of ketones is 1. The highest BCUT2D eigenvalue weighted by atomic mass is 32.2. The van der Waals surface area contributed by atoms with E-state index in [9.17, 15) is 4.79 Å². The Morgan fingerprint density at radius 1 is 1.11 bits per heavy atom. The average Bonchev–Trinajstić information content (AvgIpc) is 2.45. The summed E-state index contributed by atoms with van der Waals surface area (Å²) in [5.41, 5.74) is 0. The van der Waals surface area contributed by atoms with E-state index in [0.717, 1.165) is 31.4 Å². The van der Waals surface area contributed by atoms with Gasteiger partial charge in [0.05, 0.1) is 0 Å². The fourth-order valence-electron chi connectivity index (χ4n) is 2.58. The largest absolute Gasteiger partial charge is 0.299 e. The number of thioether (sulfide) groups is 1. The molecule has 0 amide bonds. The zero-order valence-electron chi connectivity index (χ0n) is 10.9. The summed E-state index contributed by atoms with van der Waals surface area (Å²) >= 11 is 1.86. The second-order valence-corrected chi connectivity index (χ2v) is 6.23. The highest BCUT2D eigenvalue weighted by Gasteiger charge is 2.20. The molecule has 0 unspecified atom stereocenters. The Morgan fingerprint density at radius 2 is 1.83 bits per heavy atom. The molecule has 1 aromatic rings. The molecule has 0 aromatic heterocycles. The molecule has 18 heavy (non-hydrogen) atoms. The average molecular weight is 262 g/mol. The summed E-state index contributed by atoms with van der Waals surface area (Å²) in [6.45, 7) is 0. The molecular weight excluding hydrogens is 240 g/mol. The molecule has 0 radical (unpaired) electrons. The SMILES string of the molecule is O=C(CCCSc1ccccc1)C1CCCCC1. The van der Waals surface area contributed by atoms with Crippen molar-refractivity contribution in [2.75, 3.05) is 5.75 Å². The van der Waals surface area contributed by atoms with Crippen molar-refractivity contribution in [3.05, 3.63) is 30.3 Å². The summed E-state index contributed by atoms with van der Waals surface area (Å²) in [4.78, 5) is 13.3. The number of rotatable bonds is 6. The van der Waals surface area contributed by atoms with Crippen LogP contribution in [0.5, 0.6) is 0 Å². The van der Waals surface area contributed by atoms with Crippen LogP contribution in [0.3, 0.4) is 0 Å². The van der Waals surface area contributed by atoms with E-state index in [1.807, 2.05) is 17.8 Å². The van der Waals surface area contributed by atoms with Gasteiger partial charge in [0.2, 0.25) is 0 Å². The van der Waals surface area contributed by atoms with Crippen LogP contribution in [0, 0.1) is 5.92 Å². The van der Waals surface area contributed by atoms with Gasteiger partial charge in [-0.1, -0.05) is 37.5 Å². The van der Waals surface area contributed by atoms with E-state index in [-0.39, 0.29) is 0 Å². The van der Waals surface area contributed by atoms with Crippen molar-refractivity contribution in [1.82, 2.24) is 0 Å². The minimum atomic E-state index is 0.389. The molecule has 2 heteroatoms. The van der Waals surface area contributed by atoms with Crippen molar-refractivity contribution in [2.24, 2.45) is 5.92 Å². The Labute approximate surface area is 114 Å². The van der Waals surface area contributed by atoms with Gasteiger partial charge in [-0.25, -0.2) is 0 Å². The Morgan fingerprint density at radius 3 is 2.56 bits per heavy atom. The van der Waals surface area contributed by atoms with E-state index in [0.29, 0.717) is 11.7 Å². The lowest BCUT2D eigenvalue weighted by Crippen LogP contribution is -2.17. The quantitative estimate of drug-likeness (QED) is 0.545. The number of carbonyl (C=O) groups excluding carboxylic acids is 1. The molecule has 0 aliphatic heterocycles. The van der Waals surface area contributed by atoms with E-state index in [4.69, 9.17) is 0 Å². The molecule has 0 spiro atoms. The van der Waals surface area contributed by atoms with Crippen molar-refractivity contribution in [2.45, 2.75) is 49.8 Å². The summed E-state index contributed by atoms with van der Waals surface area (Å²) in [5.74, 6) is 1.96. The molecule has 0 N–H and O–H groups in total. The van der Waals surface area contributed by atoms with Gasteiger partial charge in [0.15, 0.2) is 0 Å². The van der Waals surface area contributed by atoms with Crippen molar-refractivity contribution in [3.63, 3.8) is 0 Å². The van der Waals surface area contributed by atoms with Gasteiger partial charge in [0.25, 0.3) is 0 Å². The lowest BCUT2D eigenvalue weighted by atomic mass is 9.85. The minimum Gasteiger partial charge on any atom is -0.299 e. The standard InChI is InChI=1S/C16H22OS/c17-16(14-8-3-1-4-9-14)12-7-13-18-15-10-5-2-6-11-15/h2,5-6,10-11,14H,1,3-4,7-9,12-13H2. The molecule has 1 aromatic carbocycles. The third-order valence-corrected chi connectivity index (χ3v) is 4.74. The fraction of sp³-hybridized carbons (Fsp3) is 0.562. The van der Waals surface area contributed by atoms with Crippen molar-refractivity contribution >= 4 is 17.5 Å². The van der Waals surface area contributed by atoms with Crippen LogP contribution in [-0.4, -0.2) is 11.5 Å². The van der Waals surface area contributed by atoms with Crippen LogP contribution < -0.4 is 0 Å². The van der Waals surface area contributed by atoms with Gasteiger partial charge in [-0.3, -0.25) is 4.79 Å². The van der Waals surface area contributed by atoms with Crippen LogP contribution in [0.4, 0.5) is 0 Å². The van der Waals surface area contributed by atoms with Gasteiger partial charge in [-0.2, -0.15) is 0 Å². The van der Waals surface area contributed by atoms with Crippen molar-refractivity contribution < 1.29 is 4.79 Å². The number of hydrogen-bond acceptors (Lipinski definition) is 2. The van der Waals surface area contributed by atoms with E-state index < -0.39 is 0 Å². The van der Waals surface area contributed by atoms with E-state index in [1.54, 1.807) is 0 Å². The first-order valence-electron chi connectivity index (χ1n) is 7.07. The maximum absolute atomic E-state index is 12.0. The van der Waals surface area contributed by atoms with Gasteiger partial charge in [0.1, 0.15) is 5.78 Å². The molecule has 0 bridgehead atoms. The van der Waals surface area contributed by atoms with Crippen molar-refractivity contribution in [3.8, 4) is 0 Å². The minimum absolute atomic E-state index is 0.389. The van der Waals surface area contributed by atoms with E-state index >= 15 is 0 Å². The predicted octanol–water partition coefficient (Wildman–Crippen LogP) is 4.71. The molecule has 0 saturated heterocycles. The highest BCUT2D eigenvalue weighted by Crippen LogP contribution is 2.26. The molecule has 98 valence electrons. The smallest absolute Gasteiger partial charge is 0.136 e. The van der Waals surface area contributed by atoms with Gasteiger partial charge in [0, 0.05) is 17.2 Å². The monoisotopic (exact) mass is 262 g/mol. The molecule has 1 fully saturated rings. The first kappa shape index (κ1) is 13.7. The summed E-state index contributed by atoms with van der Waals surface area (Å²) in [7, 11) is 0. The molecule has 1 aliphatic carbocycles. The first-order chi connectivity index (χ1) is 8.86. The van der Waals surface area contributed by atoms with Crippen LogP contribution in [0.15, 0.2) is 35.2 Å². The molecule has 0 atom stereocenters. The molecule has 0 heterocycles. The summed E-state index contributed by atoms with van der Waals surface area (Å²) < 4.78 is 0. The van der Waals surface area contributed by atoms with Crippen LogP contribution >= 0.6 is 11.8 Å². The van der Waals surface area contributed by atoms with Crippen LogP contribution in [0.25, 0.3) is 0 Å². The van der Waals surface area contributed by atoms with Gasteiger partial charge >= 0.3 is 0 Å². The number of hydrogen-bond donors (Lipinski definition) is 0. The summed E-state index contributed by atoms with van der Waals surface area (Å²) in [6, 6.07) is 10.4. The third kappa shape index (κ3) is 4.49. The fourth-order valence-corrected chi connectivity index (χ4v) is 3.46. The normalized spacial score (nSPS) is 16.7. The Hall–Kier alpha value is -0.760. The number of carbonyl (C=O) groups is 1. The lowest BCUT2D eigenvalue weighted by molar-refractivity contribution is -0.123. The lowest BCUT2D eigenvalue weighted by Gasteiger charge is -2.20. The molecule has 1 nitrogen and oxygen atoms in total. The maximum atomic E-state index is 12.0. The second-order valence-electron chi connectivity index (χ2n) is 5.07. The predicted molar refractivity (Wildman–Crippen MR) is 78.0 cm³/mol. The zero-order chi connectivity index (χ0) is 12.6. The Kier molecular flexibility index (Phi) is 5.79. The maximum Gasteiger partial charge on any atom is 0.136 e. The summed E-state index contributed by atoms with van der Waals surface area (Å²) in [5, 5.41) is 0. The number of benzene rings is 1. The van der Waals surface area contributed by atoms with Crippen molar-refractivity contribution in [1.29, 1.82) is 0 Å². The molecular formula is C16H22OS. The topological polar surface area (TPSA) is 17.1 Å². The second kappa shape index (κ2) is 7.63. The van der Waals surface area contributed by atoms with Crippen LogP contribution in [0.2, 0.25) is 0 Å². The van der Waals surface area contributed by atoms with Crippen LogP contribution in [0.1, 0.15) is 44.9 Å². The van der Waals surface area contributed by atoms with E-state index in [2.05, 4.69) is 24.3 Å². The molecule has 1 saturated carbocycles. The van der Waals surface area contributed by atoms with Crippen LogP contribution in [-0.2, 0) is 4.79 Å². The zero-order valence-corrected chi connectivity index (χ0v) is 11.8. The van der Waals surface area contributed by atoms with Gasteiger partial charge < -0.3 is 0 Å². The Balaban J connectivity index is 1.61. The first-order valence-corrected chi connectivity index (χ1v) is 8.05. The Bertz CT molecular complexity index is 355. The van der Waals surface area contributed by atoms with E-state index in [1.165, 1.54) is 24.2 Å². The summed E-state index contributed by atoms with van der Waals surface area (Å²) in [6.07, 6.45) is 7.94. The van der Waals surface area contributed by atoms with Gasteiger partial charge in [-0.05, 0) is 37.1 Å².